The molecule has 0 saturated carbocycles. The highest BCUT2D eigenvalue weighted by molar-refractivity contribution is 7.33. The molecule has 0 spiro atoms. The summed E-state index contributed by atoms with van der Waals surface area (Å²) in [6.07, 6.45) is 1.95. The van der Waals surface area contributed by atoms with E-state index >= 15 is 0 Å². The monoisotopic (exact) mass is 534 g/mol. The van der Waals surface area contributed by atoms with Gasteiger partial charge in [-0.25, -0.2) is 4.98 Å². The van der Waals surface area contributed by atoms with Crippen LogP contribution in [0.5, 0.6) is 0 Å². The van der Waals surface area contributed by atoms with Crippen molar-refractivity contribution in [3.8, 4) is 0 Å². The van der Waals surface area contributed by atoms with Crippen LogP contribution in [0.4, 0.5) is 17.2 Å². The molecule has 0 unspecified atom stereocenters. The zero-order chi connectivity index (χ0) is 25.5. The molecule has 8 aromatic rings. The predicted octanol–water partition coefficient (Wildman–Crippen LogP) is 7.71. The summed E-state index contributed by atoms with van der Waals surface area (Å²) in [5.74, 6) is 0.956. The highest BCUT2D eigenvalue weighted by atomic mass is 32.1. The first-order chi connectivity index (χ1) is 19.4. The zero-order valence-corrected chi connectivity index (χ0v) is 22.3. The van der Waals surface area contributed by atoms with Crippen molar-refractivity contribution in [3.63, 3.8) is 0 Å². The summed E-state index contributed by atoms with van der Waals surface area (Å²) < 4.78 is 11.8. The highest BCUT2D eigenvalue weighted by Gasteiger charge is 2.43. The summed E-state index contributed by atoms with van der Waals surface area (Å²) in [6, 6.07) is 38.7. The summed E-state index contributed by atoms with van der Waals surface area (Å²) in [5, 5.41) is 4.86. The van der Waals surface area contributed by atoms with E-state index in [9.17, 15) is 0 Å². The van der Waals surface area contributed by atoms with Gasteiger partial charge in [-0.1, -0.05) is 84.3 Å². The standard InChI is InChI=1S/C33H19BN2OS2/c1-2-10-20(11-3-1)34-31-28(23-13-4-7-15-25(23)37-31)36(29-24-14-6-9-17-27(24)39-32(29)34)33-30-22(18-19-35-33)21-12-5-8-16-26(21)38-30/h1-19H. The fourth-order valence-corrected chi connectivity index (χ4v) is 8.64. The molecule has 0 amide bonds. The Morgan fingerprint density at radius 2 is 1.31 bits per heavy atom. The van der Waals surface area contributed by atoms with Crippen LogP contribution in [0.25, 0.3) is 41.2 Å². The molecule has 0 bridgehead atoms. The topological polar surface area (TPSA) is 29.3 Å². The Kier molecular flexibility index (Phi) is 4.45. The number of thiophene rings is 2. The van der Waals surface area contributed by atoms with Crippen LogP contribution in [0.1, 0.15) is 0 Å². The Hall–Kier alpha value is -4.39. The first-order valence-corrected chi connectivity index (χ1v) is 14.6. The first-order valence-electron chi connectivity index (χ1n) is 13.0. The second-order valence-corrected chi connectivity index (χ2v) is 12.0. The van der Waals surface area contributed by atoms with Gasteiger partial charge in [0.15, 0.2) is 5.82 Å². The fourth-order valence-electron chi connectivity index (χ4n) is 6.14. The second kappa shape index (κ2) is 8.06. The van der Waals surface area contributed by atoms with Crippen molar-refractivity contribution < 1.29 is 4.42 Å². The number of anilines is 3. The molecule has 0 fully saturated rings. The van der Waals surface area contributed by atoms with E-state index in [0.29, 0.717) is 0 Å². The number of nitrogens with zero attached hydrogens (tertiary/aromatic N) is 2. The molecule has 1 aliphatic heterocycles. The van der Waals surface area contributed by atoms with Crippen LogP contribution >= 0.6 is 22.7 Å². The maximum Gasteiger partial charge on any atom is 0.305 e. The van der Waals surface area contributed by atoms with E-state index in [2.05, 4.69) is 114 Å². The third-order valence-electron chi connectivity index (χ3n) is 7.78. The molecule has 0 radical (unpaired) electrons. The van der Waals surface area contributed by atoms with Gasteiger partial charge in [0.25, 0.3) is 0 Å². The highest BCUT2D eigenvalue weighted by Crippen LogP contribution is 2.49. The molecule has 4 aromatic heterocycles. The maximum absolute atomic E-state index is 6.77. The van der Waals surface area contributed by atoms with Crippen molar-refractivity contribution in [3.05, 3.63) is 115 Å². The third-order valence-corrected chi connectivity index (χ3v) is 10.2. The minimum atomic E-state index is -0.00105. The number of pyridine rings is 1. The van der Waals surface area contributed by atoms with Crippen molar-refractivity contribution in [2.24, 2.45) is 0 Å². The molecular weight excluding hydrogens is 515 g/mol. The summed E-state index contributed by atoms with van der Waals surface area (Å²) in [5.41, 5.74) is 5.41. The molecule has 182 valence electrons. The van der Waals surface area contributed by atoms with Crippen LogP contribution in [0.2, 0.25) is 0 Å². The lowest BCUT2D eigenvalue weighted by atomic mass is 9.40. The third kappa shape index (κ3) is 2.96. The molecule has 6 heteroatoms. The van der Waals surface area contributed by atoms with Crippen molar-refractivity contribution in [1.29, 1.82) is 0 Å². The lowest BCUT2D eigenvalue weighted by Gasteiger charge is -2.32. The van der Waals surface area contributed by atoms with Gasteiger partial charge in [0.2, 0.25) is 0 Å². The van der Waals surface area contributed by atoms with E-state index in [1.807, 2.05) is 28.9 Å². The van der Waals surface area contributed by atoms with Gasteiger partial charge < -0.3 is 4.42 Å². The van der Waals surface area contributed by atoms with E-state index in [4.69, 9.17) is 9.40 Å². The van der Waals surface area contributed by atoms with E-state index in [1.54, 1.807) is 0 Å². The minimum absolute atomic E-state index is 0.00105. The number of benzene rings is 4. The average Bonchev–Trinajstić information content (AvgIpc) is 3.68. The zero-order valence-electron chi connectivity index (χ0n) is 20.7. The van der Waals surface area contributed by atoms with Crippen LogP contribution in [-0.4, -0.2) is 11.7 Å². The van der Waals surface area contributed by atoms with E-state index in [1.165, 1.54) is 46.2 Å². The number of aromatic nitrogens is 1. The van der Waals surface area contributed by atoms with Gasteiger partial charge in [0.1, 0.15) is 11.2 Å². The van der Waals surface area contributed by atoms with Crippen molar-refractivity contribution >= 4 is 104 Å². The van der Waals surface area contributed by atoms with E-state index in [-0.39, 0.29) is 6.71 Å². The Labute approximate surface area is 232 Å². The van der Waals surface area contributed by atoms with Gasteiger partial charge in [-0.2, -0.15) is 0 Å². The largest absolute Gasteiger partial charge is 0.468 e. The van der Waals surface area contributed by atoms with Crippen molar-refractivity contribution in [2.75, 3.05) is 4.90 Å². The Morgan fingerprint density at radius 1 is 0.615 bits per heavy atom. The van der Waals surface area contributed by atoms with Gasteiger partial charge in [0.05, 0.1) is 16.1 Å². The smallest absolute Gasteiger partial charge is 0.305 e. The van der Waals surface area contributed by atoms with Gasteiger partial charge in [-0.3, -0.25) is 4.90 Å². The lowest BCUT2D eigenvalue weighted by Crippen LogP contribution is -2.55. The molecule has 0 saturated heterocycles. The quantitative estimate of drug-likeness (QED) is 0.213. The van der Waals surface area contributed by atoms with Crippen molar-refractivity contribution in [2.45, 2.75) is 0 Å². The number of hydrogen-bond donors (Lipinski definition) is 0. The molecule has 1 aliphatic rings. The summed E-state index contributed by atoms with van der Waals surface area (Å²) in [6.45, 7) is -0.00105. The van der Waals surface area contributed by atoms with Crippen LogP contribution in [0.15, 0.2) is 120 Å². The molecule has 0 aliphatic carbocycles. The Morgan fingerprint density at radius 3 is 2.15 bits per heavy atom. The molecular formula is C33H19BN2OS2. The van der Waals surface area contributed by atoms with Crippen LogP contribution in [0, 0.1) is 0 Å². The SMILES string of the molecule is c1ccc(B2c3oc4ccccc4c3N(c3nccc4c3sc3ccccc34)c3c2sc2ccccc32)cc1. The van der Waals surface area contributed by atoms with Gasteiger partial charge in [0, 0.05) is 41.9 Å². The number of furan rings is 1. The fraction of sp³-hybridized carbons (Fsp3) is 0. The molecule has 9 rings (SSSR count). The summed E-state index contributed by atoms with van der Waals surface area (Å²) in [7, 11) is 0. The average molecular weight is 534 g/mol. The van der Waals surface area contributed by atoms with Crippen LogP contribution in [-0.2, 0) is 0 Å². The maximum atomic E-state index is 6.77. The normalized spacial score (nSPS) is 13.0. The second-order valence-electron chi connectivity index (χ2n) is 9.91. The van der Waals surface area contributed by atoms with Crippen LogP contribution < -0.4 is 20.8 Å². The molecule has 3 nitrogen and oxygen atoms in total. The summed E-state index contributed by atoms with van der Waals surface area (Å²) in [4.78, 5) is 7.49. The van der Waals surface area contributed by atoms with Gasteiger partial charge in [-0.15, -0.1) is 22.7 Å². The van der Waals surface area contributed by atoms with E-state index in [0.717, 1.165) is 28.1 Å². The lowest BCUT2D eigenvalue weighted by molar-refractivity contribution is 0.651. The molecule has 39 heavy (non-hydrogen) atoms. The molecule has 0 atom stereocenters. The van der Waals surface area contributed by atoms with Crippen LogP contribution in [0.3, 0.4) is 0 Å². The number of fused-ring (bicyclic) bond motifs is 9. The minimum Gasteiger partial charge on any atom is -0.468 e. The van der Waals surface area contributed by atoms with Crippen molar-refractivity contribution in [1.82, 2.24) is 4.98 Å². The number of hydrogen-bond acceptors (Lipinski definition) is 5. The van der Waals surface area contributed by atoms with Gasteiger partial charge in [-0.05, 0) is 30.3 Å². The number of para-hydroxylation sites is 1. The predicted molar refractivity (Wildman–Crippen MR) is 168 cm³/mol. The summed E-state index contributed by atoms with van der Waals surface area (Å²) >= 11 is 3.67. The van der Waals surface area contributed by atoms with Gasteiger partial charge >= 0.3 is 6.71 Å². The first kappa shape index (κ1) is 21.5. The molecule has 0 N–H and O–H groups in total. The Bertz CT molecular complexity index is 2130. The number of rotatable bonds is 2. The van der Waals surface area contributed by atoms with E-state index < -0.39 is 0 Å². The molecule has 4 aromatic carbocycles. The Balaban J connectivity index is 1.46. The molecule has 5 heterocycles.